The average Bonchev–Trinajstić information content (AvgIpc) is 3.67. The largest absolute Gasteiger partial charge is 0.393 e. The van der Waals surface area contributed by atoms with Gasteiger partial charge in [0, 0.05) is 21.9 Å². The molecule has 0 saturated carbocycles. The van der Waals surface area contributed by atoms with Crippen molar-refractivity contribution in [2.24, 2.45) is 0 Å². The van der Waals surface area contributed by atoms with Crippen LogP contribution in [-0.2, 0) is 22.4 Å². The second-order valence-corrected chi connectivity index (χ2v) is 11.1. The number of aryl methyl sites for hydroxylation is 2. The lowest BCUT2D eigenvalue weighted by molar-refractivity contribution is -0.345. The molecule has 6 nitrogen and oxygen atoms in total. The molecular weight excluding hydrogens is 640 g/mol. The Morgan fingerprint density at radius 2 is 0.932 bits per heavy atom. The van der Waals surface area contributed by atoms with Gasteiger partial charge in [-0.25, -0.2) is 9.97 Å². The van der Waals surface area contributed by atoms with Crippen molar-refractivity contribution in [3.05, 3.63) is 70.4 Å². The summed E-state index contributed by atoms with van der Waals surface area (Å²) in [5, 5.41) is 3.71. The number of rotatable bonds is 11. The van der Waals surface area contributed by atoms with E-state index in [1.165, 1.54) is 21.4 Å². The zero-order valence-corrected chi connectivity index (χ0v) is 24.4. The molecule has 0 atom stereocenters. The highest BCUT2D eigenvalue weighted by atomic mass is 32.1. The van der Waals surface area contributed by atoms with E-state index in [0.717, 1.165) is 11.1 Å². The maximum Gasteiger partial charge on any atom is 0.393 e. The third-order valence-corrected chi connectivity index (χ3v) is 8.03. The Hall–Kier alpha value is -3.92. The van der Waals surface area contributed by atoms with Gasteiger partial charge < -0.3 is 0 Å². The first-order chi connectivity index (χ1) is 20.5. The van der Waals surface area contributed by atoms with Gasteiger partial charge in [0.25, 0.3) is 0 Å². The second kappa shape index (κ2) is 12.2. The van der Waals surface area contributed by atoms with Crippen LogP contribution < -0.4 is 10.6 Å². The van der Waals surface area contributed by atoms with Crippen LogP contribution in [0.4, 0.5) is 45.4 Å². The molecule has 2 aromatic carbocycles. The summed E-state index contributed by atoms with van der Waals surface area (Å²) in [5.74, 6) is -32.9. The number of alkyl halides is 8. The molecule has 234 valence electrons. The minimum Gasteiger partial charge on any atom is -0.296 e. The topological polar surface area (TPSA) is 84.0 Å². The number of benzene rings is 2. The van der Waals surface area contributed by atoms with Crippen molar-refractivity contribution in [3.63, 3.8) is 0 Å². The van der Waals surface area contributed by atoms with Crippen molar-refractivity contribution in [2.75, 3.05) is 10.6 Å². The van der Waals surface area contributed by atoms with Gasteiger partial charge in [0.2, 0.25) is 0 Å². The third-order valence-electron chi connectivity index (χ3n) is 6.52. The fraction of sp³-hybridized carbons (Fsp3) is 0.286. The molecule has 0 bridgehead atoms. The van der Waals surface area contributed by atoms with Crippen LogP contribution in [0.5, 0.6) is 0 Å². The number of amides is 2. The molecule has 0 fully saturated rings. The lowest BCUT2D eigenvalue weighted by Gasteiger charge is -2.35. The maximum absolute atomic E-state index is 14.5. The zero-order valence-electron chi connectivity index (χ0n) is 22.7. The van der Waals surface area contributed by atoms with Crippen molar-refractivity contribution in [1.82, 2.24) is 9.97 Å². The number of nitrogens with zero attached hydrogens (tertiary/aromatic N) is 2. The summed E-state index contributed by atoms with van der Waals surface area (Å²) in [7, 11) is 0. The first-order valence-electron chi connectivity index (χ1n) is 12.8. The van der Waals surface area contributed by atoms with E-state index in [0.29, 0.717) is 46.6 Å². The highest BCUT2D eigenvalue weighted by molar-refractivity contribution is 7.14. The van der Waals surface area contributed by atoms with Crippen molar-refractivity contribution in [1.29, 1.82) is 0 Å². The normalized spacial score (nSPS) is 12.7. The molecule has 0 unspecified atom stereocenters. The number of thiazole rings is 2. The van der Waals surface area contributed by atoms with Crippen LogP contribution in [-0.4, -0.2) is 45.5 Å². The fourth-order valence-electron chi connectivity index (χ4n) is 3.78. The molecule has 4 aromatic rings. The molecule has 44 heavy (non-hydrogen) atoms. The Balaban J connectivity index is 1.49. The van der Waals surface area contributed by atoms with Gasteiger partial charge in [0.1, 0.15) is 0 Å². The van der Waals surface area contributed by atoms with E-state index in [1.807, 2.05) is 13.8 Å². The van der Waals surface area contributed by atoms with E-state index in [-0.39, 0.29) is 11.4 Å². The number of carbonyl (C=O) groups is 2. The summed E-state index contributed by atoms with van der Waals surface area (Å²) in [4.78, 5) is 31.7. The van der Waals surface area contributed by atoms with Gasteiger partial charge in [-0.3, -0.25) is 20.2 Å². The summed E-state index contributed by atoms with van der Waals surface area (Å²) in [6.07, 6.45) is 1.43. The standard InChI is InChI=1S/C28H22F8N4O2S2/c1-3-15-5-9-17(10-6-15)19-13-43-23(37-19)39-21(41)25(29,30)27(33,34)28(35,36)26(31,32)22(42)40-24-38-20(14-44-24)18-11-7-16(4-2)8-12-18/h5-14H,3-4H2,1-2H3,(H,37,39,41)(H,38,40,42). The lowest BCUT2D eigenvalue weighted by atomic mass is 9.97. The van der Waals surface area contributed by atoms with Crippen molar-refractivity contribution >= 4 is 44.8 Å². The van der Waals surface area contributed by atoms with Crippen molar-refractivity contribution in [3.8, 4) is 22.5 Å². The summed E-state index contributed by atoms with van der Waals surface area (Å²) < 4.78 is 116. The number of anilines is 2. The number of aromatic nitrogens is 2. The molecule has 2 aromatic heterocycles. The highest BCUT2D eigenvalue weighted by Gasteiger charge is 2.84. The Morgan fingerprint density at radius 1 is 0.614 bits per heavy atom. The zero-order chi connectivity index (χ0) is 32.5. The highest BCUT2D eigenvalue weighted by Crippen LogP contribution is 2.53. The summed E-state index contributed by atoms with van der Waals surface area (Å²) in [6.45, 7) is 3.80. The van der Waals surface area contributed by atoms with E-state index >= 15 is 0 Å². The van der Waals surface area contributed by atoms with Crippen LogP contribution in [0.2, 0.25) is 0 Å². The van der Waals surface area contributed by atoms with Crippen LogP contribution in [0.1, 0.15) is 25.0 Å². The second-order valence-electron chi connectivity index (χ2n) is 9.38. The number of carbonyl (C=O) groups excluding carboxylic acids is 2. The molecule has 16 heteroatoms. The number of hydrogen-bond donors (Lipinski definition) is 2. The molecule has 0 aliphatic carbocycles. The maximum atomic E-state index is 14.5. The van der Waals surface area contributed by atoms with Crippen LogP contribution in [0.15, 0.2) is 59.3 Å². The van der Waals surface area contributed by atoms with E-state index in [2.05, 4.69) is 9.97 Å². The molecule has 0 aliphatic rings. The molecular formula is C28H22F8N4O2S2. The van der Waals surface area contributed by atoms with E-state index in [1.54, 1.807) is 48.5 Å². The molecule has 0 aliphatic heterocycles. The molecule has 2 N–H and O–H groups in total. The number of nitrogens with one attached hydrogen (secondary N) is 2. The van der Waals surface area contributed by atoms with Gasteiger partial charge in [0.05, 0.1) is 11.4 Å². The first kappa shape index (κ1) is 33.0. The number of halogens is 8. The summed E-state index contributed by atoms with van der Waals surface area (Å²) >= 11 is 1.01. The Morgan fingerprint density at radius 3 is 1.23 bits per heavy atom. The van der Waals surface area contributed by atoms with E-state index < -0.39 is 45.8 Å². The first-order valence-corrected chi connectivity index (χ1v) is 14.5. The Labute approximate surface area is 253 Å². The number of hydrogen-bond acceptors (Lipinski definition) is 6. The van der Waals surface area contributed by atoms with Gasteiger partial charge in [-0.1, -0.05) is 62.4 Å². The Bertz CT molecular complexity index is 1520. The minimum absolute atomic E-state index is 0.139. The molecule has 2 heterocycles. The third kappa shape index (κ3) is 6.04. The lowest BCUT2D eigenvalue weighted by Crippen LogP contribution is -2.67. The Kier molecular flexibility index (Phi) is 9.17. The average molecular weight is 663 g/mol. The summed E-state index contributed by atoms with van der Waals surface area (Å²) in [6, 6.07) is 13.4. The van der Waals surface area contributed by atoms with Gasteiger partial charge in [-0.05, 0) is 24.0 Å². The minimum atomic E-state index is -7.03. The predicted molar refractivity (Wildman–Crippen MR) is 151 cm³/mol. The smallest absolute Gasteiger partial charge is 0.296 e. The van der Waals surface area contributed by atoms with Crippen LogP contribution in [0, 0.1) is 0 Å². The SMILES string of the molecule is CCc1ccc(-c2csc(NC(=O)C(F)(F)C(F)(F)C(F)(F)C(F)(F)C(=O)Nc3nc(-c4ccc(CC)cc4)cs3)n2)cc1. The van der Waals surface area contributed by atoms with Gasteiger partial charge in [0.15, 0.2) is 10.3 Å². The van der Waals surface area contributed by atoms with Crippen LogP contribution in [0.25, 0.3) is 22.5 Å². The van der Waals surface area contributed by atoms with E-state index in [4.69, 9.17) is 0 Å². The van der Waals surface area contributed by atoms with Crippen molar-refractivity contribution < 1.29 is 44.7 Å². The monoisotopic (exact) mass is 662 g/mol. The van der Waals surface area contributed by atoms with Gasteiger partial charge >= 0.3 is 35.5 Å². The van der Waals surface area contributed by atoms with Crippen LogP contribution in [0.3, 0.4) is 0 Å². The quantitative estimate of drug-likeness (QED) is 0.159. The van der Waals surface area contributed by atoms with E-state index in [9.17, 15) is 44.7 Å². The molecule has 4 rings (SSSR count). The molecule has 0 saturated heterocycles. The fourth-order valence-corrected chi connectivity index (χ4v) is 5.21. The molecule has 0 spiro atoms. The van der Waals surface area contributed by atoms with Gasteiger partial charge in [-0.15, -0.1) is 22.7 Å². The molecule has 0 radical (unpaired) electrons. The molecule has 2 amide bonds. The van der Waals surface area contributed by atoms with Crippen LogP contribution >= 0.6 is 22.7 Å². The summed E-state index contributed by atoms with van der Waals surface area (Å²) in [5.41, 5.74) is 3.13. The predicted octanol–water partition coefficient (Wildman–Crippen LogP) is 8.18. The van der Waals surface area contributed by atoms with Gasteiger partial charge in [-0.2, -0.15) is 35.1 Å². The van der Waals surface area contributed by atoms with Crippen molar-refractivity contribution in [2.45, 2.75) is 50.4 Å².